The lowest BCUT2D eigenvalue weighted by Crippen LogP contribution is -2.28. The summed E-state index contributed by atoms with van der Waals surface area (Å²) in [5.74, 6) is -0.662. The number of hydrogen-bond acceptors (Lipinski definition) is 4. The molecule has 0 saturated heterocycles. The van der Waals surface area contributed by atoms with Crippen LogP contribution in [0.3, 0.4) is 0 Å². The second kappa shape index (κ2) is 6.71. The number of carboxylic acid groups (broad SMARTS) is 1. The standard InChI is InChI=1S/C13H19NO5S/c1-10-6-7-11(19-3)12(9-10)20(17,18)14(2)8-4-5-13(15)16/h6-7,9H,4-5,8H2,1-3H3,(H,15,16). The third kappa shape index (κ3) is 3.94. The Morgan fingerprint density at radius 2 is 2.05 bits per heavy atom. The molecule has 20 heavy (non-hydrogen) atoms. The molecule has 0 aliphatic rings. The van der Waals surface area contributed by atoms with Gasteiger partial charge in [-0.2, -0.15) is 0 Å². The number of nitrogens with zero attached hydrogens (tertiary/aromatic N) is 1. The number of sulfonamides is 1. The van der Waals surface area contributed by atoms with E-state index in [0.717, 1.165) is 9.87 Å². The molecule has 1 aromatic carbocycles. The van der Waals surface area contributed by atoms with Crippen molar-refractivity contribution in [3.63, 3.8) is 0 Å². The molecule has 0 radical (unpaired) electrons. The minimum atomic E-state index is -3.69. The van der Waals surface area contributed by atoms with Gasteiger partial charge in [0.05, 0.1) is 7.11 Å². The molecule has 0 heterocycles. The molecule has 6 nitrogen and oxygen atoms in total. The van der Waals surface area contributed by atoms with Gasteiger partial charge in [-0.25, -0.2) is 12.7 Å². The molecule has 0 unspecified atom stereocenters. The lowest BCUT2D eigenvalue weighted by atomic mass is 10.2. The van der Waals surface area contributed by atoms with Crippen LogP contribution in [-0.2, 0) is 14.8 Å². The number of hydrogen-bond donors (Lipinski definition) is 1. The maximum Gasteiger partial charge on any atom is 0.303 e. The Labute approximate surface area is 119 Å². The van der Waals surface area contributed by atoms with Crippen LogP contribution in [0, 0.1) is 6.92 Å². The van der Waals surface area contributed by atoms with Crippen molar-refractivity contribution in [1.82, 2.24) is 4.31 Å². The van der Waals surface area contributed by atoms with Gasteiger partial charge in [-0.15, -0.1) is 0 Å². The van der Waals surface area contributed by atoms with Crippen LogP contribution in [0.1, 0.15) is 18.4 Å². The zero-order chi connectivity index (χ0) is 15.3. The summed E-state index contributed by atoms with van der Waals surface area (Å²) in [6.45, 7) is 1.94. The van der Waals surface area contributed by atoms with Gasteiger partial charge in [0, 0.05) is 20.0 Å². The van der Waals surface area contributed by atoms with Crippen molar-refractivity contribution in [2.45, 2.75) is 24.7 Å². The number of benzene rings is 1. The Kier molecular flexibility index (Phi) is 5.52. The first kappa shape index (κ1) is 16.5. The lowest BCUT2D eigenvalue weighted by molar-refractivity contribution is -0.137. The molecular formula is C13H19NO5S. The largest absolute Gasteiger partial charge is 0.495 e. The number of ether oxygens (including phenoxy) is 1. The molecule has 0 amide bonds. The highest BCUT2D eigenvalue weighted by molar-refractivity contribution is 7.89. The highest BCUT2D eigenvalue weighted by atomic mass is 32.2. The van der Waals surface area contributed by atoms with Crippen molar-refractivity contribution < 1.29 is 23.1 Å². The minimum Gasteiger partial charge on any atom is -0.495 e. The van der Waals surface area contributed by atoms with Crippen LogP contribution >= 0.6 is 0 Å². The van der Waals surface area contributed by atoms with Crippen molar-refractivity contribution in [2.24, 2.45) is 0 Å². The molecule has 0 aliphatic heterocycles. The van der Waals surface area contributed by atoms with Crippen molar-refractivity contribution in [2.75, 3.05) is 20.7 Å². The van der Waals surface area contributed by atoms with Crippen LogP contribution in [0.4, 0.5) is 0 Å². The zero-order valence-electron chi connectivity index (χ0n) is 11.8. The fourth-order valence-corrected chi connectivity index (χ4v) is 3.17. The molecule has 0 bridgehead atoms. The molecule has 0 aliphatic carbocycles. The molecule has 0 saturated carbocycles. The summed E-state index contributed by atoms with van der Waals surface area (Å²) in [6, 6.07) is 4.91. The topological polar surface area (TPSA) is 83.9 Å². The second-order valence-electron chi connectivity index (χ2n) is 4.48. The van der Waals surface area contributed by atoms with E-state index in [4.69, 9.17) is 9.84 Å². The molecule has 1 rings (SSSR count). The normalized spacial score (nSPS) is 11.6. The molecule has 112 valence electrons. The van der Waals surface area contributed by atoms with Gasteiger partial charge in [0.1, 0.15) is 10.6 Å². The predicted octanol–water partition coefficient (Wildman–Crippen LogP) is 1.49. The highest BCUT2D eigenvalue weighted by Crippen LogP contribution is 2.27. The van der Waals surface area contributed by atoms with Crippen LogP contribution in [0.25, 0.3) is 0 Å². The predicted molar refractivity (Wildman–Crippen MR) is 74.4 cm³/mol. The summed E-state index contributed by atoms with van der Waals surface area (Å²) in [6.07, 6.45) is 0.198. The third-order valence-electron chi connectivity index (χ3n) is 2.87. The molecule has 1 aromatic rings. The Balaban J connectivity index is 2.98. The Bertz CT molecular complexity index is 582. The van der Waals surface area contributed by atoms with Crippen LogP contribution < -0.4 is 4.74 Å². The molecule has 0 fully saturated rings. The van der Waals surface area contributed by atoms with Gasteiger partial charge in [-0.3, -0.25) is 4.79 Å². The van der Waals surface area contributed by atoms with E-state index in [1.807, 2.05) is 0 Å². The maximum atomic E-state index is 12.4. The fraction of sp³-hybridized carbons (Fsp3) is 0.462. The summed E-state index contributed by atoms with van der Waals surface area (Å²) in [7, 11) is -0.846. The highest BCUT2D eigenvalue weighted by Gasteiger charge is 2.24. The second-order valence-corrected chi connectivity index (χ2v) is 6.49. The Hall–Kier alpha value is -1.60. The first-order valence-corrected chi connectivity index (χ1v) is 7.56. The van der Waals surface area contributed by atoms with Crippen molar-refractivity contribution in [1.29, 1.82) is 0 Å². The van der Waals surface area contributed by atoms with E-state index in [9.17, 15) is 13.2 Å². The first-order chi connectivity index (χ1) is 9.28. The number of methoxy groups -OCH3 is 1. The molecule has 0 aromatic heterocycles. The van der Waals surface area contributed by atoms with Crippen LogP contribution in [0.2, 0.25) is 0 Å². The smallest absolute Gasteiger partial charge is 0.303 e. The number of carboxylic acids is 1. The number of aliphatic carboxylic acids is 1. The summed E-state index contributed by atoms with van der Waals surface area (Å²) in [5.41, 5.74) is 0.809. The van der Waals surface area contributed by atoms with Gasteiger partial charge >= 0.3 is 5.97 Å². The monoisotopic (exact) mass is 301 g/mol. The molecule has 0 atom stereocenters. The van der Waals surface area contributed by atoms with E-state index >= 15 is 0 Å². The van der Waals surface area contributed by atoms with Crippen molar-refractivity contribution in [3.8, 4) is 5.75 Å². The summed E-state index contributed by atoms with van der Waals surface area (Å²) in [5, 5.41) is 8.58. The first-order valence-electron chi connectivity index (χ1n) is 6.12. The third-order valence-corrected chi connectivity index (χ3v) is 4.75. The minimum absolute atomic E-state index is 0.0647. The number of rotatable bonds is 7. The zero-order valence-corrected chi connectivity index (χ0v) is 12.6. The van der Waals surface area contributed by atoms with E-state index in [1.54, 1.807) is 25.1 Å². The van der Waals surface area contributed by atoms with Gasteiger partial charge in [-0.1, -0.05) is 6.07 Å². The molecule has 0 spiro atoms. The number of aryl methyl sites for hydroxylation is 1. The van der Waals surface area contributed by atoms with Crippen LogP contribution in [0.5, 0.6) is 5.75 Å². The Morgan fingerprint density at radius 1 is 1.40 bits per heavy atom. The molecule has 1 N–H and O–H groups in total. The van der Waals surface area contributed by atoms with Crippen LogP contribution in [-0.4, -0.2) is 44.5 Å². The van der Waals surface area contributed by atoms with Gasteiger partial charge in [0.2, 0.25) is 10.0 Å². The van der Waals surface area contributed by atoms with Gasteiger partial charge in [0.25, 0.3) is 0 Å². The van der Waals surface area contributed by atoms with Crippen LogP contribution in [0.15, 0.2) is 23.1 Å². The average molecular weight is 301 g/mol. The fourth-order valence-electron chi connectivity index (χ4n) is 1.73. The van der Waals surface area contributed by atoms with E-state index < -0.39 is 16.0 Å². The summed E-state index contributed by atoms with van der Waals surface area (Å²) < 4.78 is 31.1. The number of carbonyl (C=O) groups is 1. The van der Waals surface area contributed by atoms with Gasteiger partial charge < -0.3 is 9.84 Å². The van der Waals surface area contributed by atoms with Gasteiger partial charge in [-0.05, 0) is 31.0 Å². The van der Waals surface area contributed by atoms with Crippen molar-refractivity contribution >= 4 is 16.0 Å². The van der Waals surface area contributed by atoms with Crippen molar-refractivity contribution in [3.05, 3.63) is 23.8 Å². The van der Waals surface area contributed by atoms with E-state index in [2.05, 4.69) is 0 Å². The maximum absolute atomic E-state index is 12.4. The Morgan fingerprint density at radius 3 is 2.60 bits per heavy atom. The van der Waals surface area contributed by atoms with Gasteiger partial charge in [0.15, 0.2) is 0 Å². The summed E-state index contributed by atoms with van der Waals surface area (Å²) >= 11 is 0. The molecular weight excluding hydrogens is 282 g/mol. The lowest BCUT2D eigenvalue weighted by Gasteiger charge is -2.18. The van der Waals surface area contributed by atoms with E-state index in [0.29, 0.717) is 0 Å². The average Bonchev–Trinajstić information content (AvgIpc) is 2.38. The quantitative estimate of drug-likeness (QED) is 0.825. The van der Waals surface area contributed by atoms with E-state index in [-0.39, 0.29) is 30.0 Å². The molecule has 7 heteroatoms. The SMILES string of the molecule is COc1ccc(C)cc1S(=O)(=O)N(C)CCCC(=O)O. The summed E-state index contributed by atoms with van der Waals surface area (Å²) in [4.78, 5) is 10.6. The van der Waals surface area contributed by atoms with E-state index in [1.165, 1.54) is 14.2 Å².